The highest BCUT2D eigenvalue weighted by Gasteiger charge is 2.42. The molecule has 2 aromatic heterocycles. The van der Waals surface area contributed by atoms with Crippen LogP contribution >= 0.6 is 0 Å². The van der Waals surface area contributed by atoms with E-state index in [-0.39, 0.29) is 12.0 Å². The van der Waals surface area contributed by atoms with Gasteiger partial charge in [0.05, 0.1) is 17.5 Å². The second-order valence-electron chi connectivity index (χ2n) is 7.49. The largest absolute Gasteiger partial charge is 0.390 e. The summed E-state index contributed by atoms with van der Waals surface area (Å²) in [6, 6.07) is 8.36. The van der Waals surface area contributed by atoms with Crippen LogP contribution in [0.1, 0.15) is 24.4 Å². The first-order valence-electron chi connectivity index (χ1n) is 9.52. The second-order valence-corrected chi connectivity index (χ2v) is 7.49. The van der Waals surface area contributed by atoms with Crippen molar-refractivity contribution >= 4 is 28.6 Å². The van der Waals surface area contributed by atoms with E-state index in [1.165, 1.54) is 6.33 Å². The maximum absolute atomic E-state index is 11.0. The minimum absolute atomic E-state index is 0.0700. The summed E-state index contributed by atoms with van der Waals surface area (Å²) in [6.45, 7) is 0. The molecular weight excluding hydrogens is 372 g/mol. The highest BCUT2D eigenvalue weighted by molar-refractivity contribution is 5.88. The van der Waals surface area contributed by atoms with Crippen LogP contribution in [0.4, 0.5) is 16.3 Å². The van der Waals surface area contributed by atoms with E-state index in [1.54, 1.807) is 6.07 Å². The van der Waals surface area contributed by atoms with E-state index in [4.69, 9.17) is 11.5 Å². The number of primary amides is 1. The monoisotopic (exact) mass is 396 g/mol. The highest BCUT2D eigenvalue weighted by Crippen LogP contribution is 2.39. The number of urea groups is 1. The highest BCUT2D eigenvalue weighted by atomic mass is 16.3. The number of nitrogens with zero attached hydrogens (tertiary/aromatic N) is 3. The number of hydrogen-bond acceptors (Lipinski definition) is 6. The Morgan fingerprint density at radius 1 is 1.24 bits per heavy atom. The van der Waals surface area contributed by atoms with Crippen molar-refractivity contribution in [3.63, 3.8) is 0 Å². The molecule has 4 rings (SSSR count). The van der Waals surface area contributed by atoms with Gasteiger partial charge in [0, 0.05) is 11.9 Å². The summed E-state index contributed by atoms with van der Waals surface area (Å²) >= 11 is 0. The van der Waals surface area contributed by atoms with Gasteiger partial charge in [-0.25, -0.2) is 14.8 Å². The Hall–Kier alpha value is -3.17. The summed E-state index contributed by atoms with van der Waals surface area (Å²) in [6.07, 6.45) is 3.53. The smallest absolute Gasteiger partial charge is 0.316 e. The molecule has 3 aromatic rings. The van der Waals surface area contributed by atoms with Crippen LogP contribution in [0.5, 0.6) is 0 Å². The van der Waals surface area contributed by atoms with Gasteiger partial charge in [-0.2, -0.15) is 0 Å². The number of hydrogen-bond donors (Lipinski definition) is 5. The van der Waals surface area contributed by atoms with Crippen LogP contribution in [-0.4, -0.2) is 43.0 Å². The summed E-state index contributed by atoms with van der Waals surface area (Å²) in [5.74, 6) is 0.321. The number of aromatic nitrogens is 3. The van der Waals surface area contributed by atoms with Crippen molar-refractivity contribution in [3.05, 3.63) is 48.4 Å². The molecule has 9 heteroatoms. The fourth-order valence-corrected chi connectivity index (χ4v) is 4.22. The van der Waals surface area contributed by atoms with Gasteiger partial charge in [-0.3, -0.25) is 0 Å². The Morgan fingerprint density at radius 2 is 2.07 bits per heavy atom. The fourth-order valence-electron chi connectivity index (χ4n) is 4.22. The minimum atomic E-state index is -0.894. The maximum atomic E-state index is 11.0. The number of benzene rings is 1. The number of amides is 2. The number of aliphatic hydroxyl groups is 2. The Morgan fingerprint density at radius 3 is 2.86 bits per heavy atom. The lowest BCUT2D eigenvalue weighted by Crippen LogP contribution is -2.29. The third kappa shape index (κ3) is 3.74. The zero-order chi connectivity index (χ0) is 20.5. The summed E-state index contributed by atoms with van der Waals surface area (Å²) in [7, 11) is 0. The van der Waals surface area contributed by atoms with Crippen molar-refractivity contribution in [3.8, 4) is 0 Å². The van der Waals surface area contributed by atoms with Crippen molar-refractivity contribution in [2.24, 2.45) is 11.7 Å². The quantitative estimate of drug-likeness (QED) is 0.440. The van der Waals surface area contributed by atoms with Gasteiger partial charge in [-0.1, -0.05) is 12.1 Å². The lowest BCUT2D eigenvalue weighted by atomic mass is 9.96. The standard InChI is InChI=1S/C20H24N6O3/c21-18-14-6-7-26(19(14)24-10-23-18)15-9-12(16(27)17(15)28)5-4-11-2-1-3-13(8-11)25-20(22)29/h1-3,6-8,10,12,15-17,27-28H,4-5,9H2,(H2,21,23,24)(H3,22,25,29)/t12-,15+,16+,17-/m0/s1. The average molecular weight is 396 g/mol. The summed E-state index contributed by atoms with van der Waals surface area (Å²) < 4.78 is 1.87. The van der Waals surface area contributed by atoms with Crippen LogP contribution in [-0.2, 0) is 6.42 Å². The molecule has 2 amide bonds. The van der Waals surface area contributed by atoms with Crippen molar-refractivity contribution in [1.29, 1.82) is 0 Å². The molecule has 1 fully saturated rings. The second kappa shape index (κ2) is 7.69. The van der Waals surface area contributed by atoms with Crippen LogP contribution in [0.15, 0.2) is 42.9 Å². The number of fused-ring (bicyclic) bond motifs is 1. The van der Waals surface area contributed by atoms with E-state index in [9.17, 15) is 15.0 Å². The number of aliphatic hydroxyl groups excluding tert-OH is 2. The summed E-state index contributed by atoms with van der Waals surface area (Å²) in [5, 5.41) is 24.6. The molecule has 2 heterocycles. The molecule has 0 aliphatic heterocycles. The van der Waals surface area contributed by atoms with E-state index in [0.29, 0.717) is 36.4 Å². The zero-order valence-electron chi connectivity index (χ0n) is 15.8. The number of carbonyl (C=O) groups excluding carboxylic acids is 1. The SMILES string of the molecule is NC(=O)Nc1cccc(CC[C@H]2C[C@@H](n3ccc4c(N)ncnc43)[C@H](O)[C@@H]2O)c1. The van der Waals surface area contributed by atoms with Crippen molar-refractivity contribution in [2.75, 3.05) is 11.1 Å². The number of rotatable bonds is 5. The van der Waals surface area contributed by atoms with Gasteiger partial charge in [0.2, 0.25) is 0 Å². The number of carbonyl (C=O) groups is 1. The Balaban J connectivity index is 1.48. The van der Waals surface area contributed by atoms with Gasteiger partial charge in [-0.15, -0.1) is 0 Å². The first-order valence-corrected chi connectivity index (χ1v) is 9.52. The van der Waals surface area contributed by atoms with Crippen LogP contribution < -0.4 is 16.8 Å². The normalized spacial score (nSPS) is 24.1. The van der Waals surface area contributed by atoms with Crippen molar-refractivity contribution < 1.29 is 15.0 Å². The maximum Gasteiger partial charge on any atom is 0.316 e. The molecule has 1 aliphatic rings. The van der Waals surface area contributed by atoms with E-state index in [1.807, 2.05) is 35.0 Å². The summed E-state index contributed by atoms with van der Waals surface area (Å²) in [5.41, 5.74) is 13.4. The molecular formula is C20H24N6O3. The minimum Gasteiger partial charge on any atom is -0.390 e. The Kier molecular flexibility index (Phi) is 5.08. The van der Waals surface area contributed by atoms with E-state index in [0.717, 1.165) is 10.9 Å². The molecule has 7 N–H and O–H groups in total. The Bertz CT molecular complexity index is 1040. The number of aryl methyl sites for hydroxylation is 1. The third-order valence-electron chi connectivity index (χ3n) is 5.67. The average Bonchev–Trinajstić information content (AvgIpc) is 3.23. The number of nitrogens with two attached hydrogens (primary N) is 2. The molecule has 1 aliphatic carbocycles. The van der Waals surface area contributed by atoms with E-state index >= 15 is 0 Å². The third-order valence-corrected chi connectivity index (χ3v) is 5.67. The molecule has 1 aromatic carbocycles. The fraction of sp³-hybridized carbons (Fsp3) is 0.350. The predicted octanol–water partition coefficient (Wildman–Crippen LogP) is 1.42. The lowest BCUT2D eigenvalue weighted by Gasteiger charge is -2.19. The molecule has 0 bridgehead atoms. The molecule has 29 heavy (non-hydrogen) atoms. The van der Waals surface area contributed by atoms with E-state index in [2.05, 4.69) is 15.3 Å². The van der Waals surface area contributed by atoms with Crippen LogP contribution in [0, 0.1) is 5.92 Å². The molecule has 4 atom stereocenters. The molecule has 0 unspecified atom stereocenters. The van der Waals surface area contributed by atoms with Gasteiger partial charge < -0.3 is 31.6 Å². The first-order chi connectivity index (χ1) is 13.9. The first kappa shape index (κ1) is 19.2. The number of anilines is 2. The summed E-state index contributed by atoms with van der Waals surface area (Å²) in [4.78, 5) is 19.3. The van der Waals surface area contributed by atoms with Crippen molar-refractivity contribution in [1.82, 2.24) is 14.5 Å². The zero-order valence-corrected chi connectivity index (χ0v) is 15.8. The van der Waals surface area contributed by atoms with Crippen molar-refractivity contribution in [2.45, 2.75) is 37.5 Å². The molecule has 0 saturated heterocycles. The topological polar surface area (TPSA) is 152 Å². The molecule has 1 saturated carbocycles. The molecule has 0 radical (unpaired) electrons. The van der Waals surface area contributed by atoms with Crippen LogP contribution in [0.2, 0.25) is 0 Å². The van der Waals surface area contributed by atoms with Gasteiger partial charge in [0.25, 0.3) is 0 Å². The number of nitrogens with one attached hydrogen (secondary N) is 1. The van der Waals surface area contributed by atoms with Crippen LogP contribution in [0.25, 0.3) is 11.0 Å². The van der Waals surface area contributed by atoms with Gasteiger partial charge in [-0.05, 0) is 48.9 Å². The van der Waals surface area contributed by atoms with Gasteiger partial charge >= 0.3 is 6.03 Å². The van der Waals surface area contributed by atoms with Crippen LogP contribution in [0.3, 0.4) is 0 Å². The Labute approximate surface area is 167 Å². The van der Waals surface area contributed by atoms with E-state index < -0.39 is 18.2 Å². The molecule has 9 nitrogen and oxygen atoms in total. The number of nitrogen functional groups attached to an aromatic ring is 1. The lowest BCUT2D eigenvalue weighted by molar-refractivity contribution is 0.00545. The van der Waals surface area contributed by atoms with Gasteiger partial charge in [0.1, 0.15) is 23.9 Å². The molecule has 152 valence electrons. The van der Waals surface area contributed by atoms with Gasteiger partial charge in [0.15, 0.2) is 0 Å². The predicted molar refractivity (Wildman–Crippen MR) is 109 cm³/mol. The molecule has 0 spiro atoms.